The van der Waals surface area contributed by atoms with Crippen LogP contribution in [-0.4, -0.2) is 85.8 Å². The minimum atomic E-state index is -5.08. The van der Waals surface area contributed by atoms with Gasteiger partial charge in [0.1, 0.15) is 29.2 Å². The summed E-state index contributed by atoms with van der Waals surface area (Å²) in [6.45, 7) is 0. The van der Waals surface area contributed by atoms with Crippen LogP contribution < -0.4 is 16.2 Å². The Bertz CT molecular complexity index is 2100. The second-order valence-corrected chi connectivity index (χ2v) is 11.6. The highest BCUT2D eigenvalue weighted by atomic mass is 32.2. The number of hydrogen-bond acceptors (Lipinski definition) is 10. The van der Waals surface area contributed by atoms with Gasteiger partial charge in [0.05, 0.1) is 34.3 Å². The monoisotopic (exact) mass is 710 g/mol. The summed E-state index contributed by atoms with van der Waals surface area (Å²) in [5.41, 5.74) is 6.71. The summed E-state index contributed by atoms with van der Waals surface area (Å²) in [5.74, 6) is -7.65. The normalized spacial score (nSPS) is 12.0. The number of nitrogens with zero attached hydrogens (tertiary/aromatic N) is 1. The van der Waals surface area contributed by atoms with E-state index in [-0.39, 0.29) is 38.8 Å². The van der Waals surface area contributed by atoms with E-state index >= 15 is 0 Å². The number of nitrogen functional groups attached to an aromatic ring is 1. The summed E-state index contributed by atoms with van der Waals surface area (Å²) in [5, 5.41) is 62.2. The average molecular weight is 711 g/mol. The molecule has 0 bridgehead atoms. The fraction of sp³-hybridized carbons (Fsp3) is 0.143. The van der Waals surface area contributed by atoms with E-state index in [2.05, 4.69) is 15.3 Å². The molecule has 0 aliphatic heterocycles. The number of fused-ring (bicyclic) bond motifs is 1. The summed E-state index contributed by atoms with van der Waals surface area (Å²) in [6, 6.07) is 8.75. The molecule has 21 heteroatoms. The number of aromatic nitrogens is 2. The SMILES string of the molecule is N=C(N)c1ccc2nc(-c3cc(CC(=O)N[C@@H](CC(=O)O)C(=O)O)cc(-c4cc(S(N)(=O)=O)ccc4O)c3O)[nH]c2c1.O=C(O)C(F)(F)F. The number of amidine groups is 1. The molecule has 1 amide bonds. The number of carboxylic acids is 3. The average Bonchev–Trinajstić information content (AvgIpc) is 3.40. The Morgan fingerprint density at radius 1 is 0.959 bits per heavy atom. The Kier molecular flexibility index (Phi) is 10.8. The second kappa shape index (κ2) is 14.3. The van der Waals surface area contributed by atoms with Crippen molar-refractivity contribution in [3.8, 4) is 34.0 Å². The fourth-order valence-corrected chi connectivity index (χ4v) is 4.74. The number of carbonyl (C=O) groups is 4. The molecule has 0 saturated carbocycles. The molecule has 260 valence electrons. The molecule has 12 N–H and O–H groups in total. The number of nitrogens with two attached hydrogens (primary N) is 2. The molecule has 17 nitrogen and oxygen atoms in total. The lowest BCUT2D eigenvalue weighted by atomic mass is 9.95. The molecule has 1 atom stereocenters. The van der Waals surface area contributed by atoms with E-state index in [0.717, 1.165) is 18.2 Å². The molecule has 49 heavy (non-hydrogen) atoms. The zero-order chi connectivity index (χ0) is 37.0. The number of imidazole rings is 1. The molecule has 0 spiro atoms. The van der Waals surface area contributed by atoms with Crippen molar-refractivity contribution in [1.29, 1.82) is 5.41 Å². The van der Waals surface area contributed by atoms with Crippen LogP contribution in [0.15, 0.2) is 53.4 Å². The number of benzene rings is 3. The quantitative estimate of drug-likeness (QED) is 0.0824. The fourth-order valence-electron chi connectivity index (χ4n) is 4.20. The highest BCUT2D eigenvalue weighted by Gasteiger charge is 2.38. The molecule has 0 unspecified atom stereocenters. The molecule has 0 saturated heterocycles. The van der Waals surface area contributed by atoms with Crippen molar-refractivity contribution < 1.29 is 66.3 Å². The van der Waals surface area contributed by atoms with E-state index in [0.29, 0.717) is 16.6 Å². The van der Waals surface area contributed by atoms with Gasteiger partial charge in [-0.1, -0.05) is 0 Å². The van der Waals surface area contributed by atoms with Gasteiger partial charge in [-0.15, -0.1) is 0 Å². The molecule has 3 aromatic carbocycles. The first-order chi connectivity index (χ1) is 22.6. The van der Waals surface area contributed by atoms with Crippen molar-refractivity contribution >= 4 is 50.7 Å². The number of amides is 1. The first-order valence-electron chi connectivity index (χ1n) is 13.2. The van der Waals surface area contributed by atoms with Gasteiger partial charge in [-0.2, -0.15) is 13.2 Å². The Labute approximate surface area is 272 Å². The number of hydrogen-bond donors (Lipinski definition) is 10. The maximum atomic E-state index is 12.8. The van der Waals surface area contributed by atoms with Gasteiger partial charge in [-0.3, -0.25) is 15.0 Å². The third-order valence-corrected chi connectivity index (χ3v) is 7.33. The van der Waals surface area contributed by atoms with Gasteiger partial charge >= 0.3 is 24.1 Å². The van der Waals surface area contributed by atoms with E-state index in [1.807, 2.05) is 0 Å². The topological polar surface area (TPSA) is 320 Å². The van der Waals surface area contributed by atoms with Crippen molar-refractivity contribution in [2.45, 2.75) is 30.0 Å². The number of halogens is 3. The van der Waals surface area contributed by atoms with Crippen LogP contribution in [0.3, 0.4) is 0 Å². The first-order valence-corrected chi connectivity index (χ1v) is 14.7. The first kappa shape index (κ1) is 37.2. The lowest BCUT2D eigenvalue weighted by Gasteiger charge is -2.16. The summed E-state index contributed by atoms with van der Waals surface area (Å²) in [7, 11) is -4.22. The number of carbonyl (C=O) groups excluding carboxylic acids is 1. The van der Waals surface area contributed by atoms with Crippen LogP contribution in [-0.2, 0) is 35.6 Å². The second-order valence-electron chi connectivity index (χ2n) is 10.0. The Balaban J connectivity index is 0.000000838. The van der Waals surface area contributed by atoms with E-state index in [1.54, 1.807) is 18.2 Å². The zero-order valence-electron chi connectivity index (χ0n) is 24.4. The molecular formula is C28H25F3N6O11S. The molecule has 0 aliphatic carbocycles. The number of alkyl halides is 3. The minimum absolute atomic E-state index is 0.0107. The highest BCUT2D eigenvalue weighted by Crippen LogP contribution is 2.42. The molecule has 1 heterocycles. The van der Waals surface area contributed by atoms with Crippen molar-refractivity contribution in [1.82, 2.24) is 15.3 Å². The molecule has 0 aliphatic rings. The Morgan fingerprint density at radius 3 is 2.10 bits per heavy atom. The predicted octanol–water partition coefficient (Wildman–Crippen LogP) is 1.46. The Hall–Kier alpha value is -6.22. The number of aromatic hydroxyl groups is 2. The van der Waals surface area contributed by atoms with E-state index in [9.17, 15) is 51.3 Å². The van der Waals surface area contributed by atoms with E-state index in [1.165, 1.54) is 12.1 Å². The number of primary sulfonamides is 1. The number of sulfonamides is 1. The minimum Gasteiger partial charge on any atom is -0.507 e. The van der Waals surface area contributed by atoms with Gasteiger partial charge < -0.3 is 41.6 Å². The Morgan fingerprint density at radius 2 is 1.57 bits per heavy atom. The summed E-state index contributed by atoms with van der Waals surface area (Å²) in [6.07, 6.45) is -6.46. The standard InChI is InChI=1S/C26H24N6O9S.C2HF3O2/c27-24(28)12-1-3-17-18(8-12)32-25(31-17)16-6-11(7-21(34)30-19(26(38)39)10-22(35)36)5-15(23(16)37)14-9-13(42(29,40)41)2-4-20(14)33;3-2(4,5)1(6)7/h1-6,8-9,19,33,37H,7,10H2,(H3,27,28)(H,30,34)(H,31,32)(H,35,36)(H,38,39)(H2,29,40,41);(H,6,7)/t19-;/m0./s1. The maximum Gasteiger partial charge on any atom is 0.490 e. The molecule has 4 rings (SSSR count). The van der Waals surface area contributed by atoms with Crippen molar-refractivity contribution in [3.05, 3.63) is 59.7 Å². The highest BCUT2D eigenvalue weighted by molar-refractivity contribution is 7.89. The van der Waals surface area contributed by atoms with Gasteiger partial charge in [0.25, 0.3) is 0 Å². The number of carboxylic acid groups (broad SMARTS) is 3. The van der Waals surface area contributed by atoms with Crippen molar-refractivity contribution in [2.24, 2.45) is 10.9 Å². The number of H-pyrrole nitrogens is 1. The molecule has 4 aromatic rings. The van der Waals surface area contributed by atoms with Gasteiger partial charge in [0.15, 0.2) is 0 Å². The van der Waals surface area contributed by atoms with E-state index < -0.39 is 70.4 Å². The van der Waals surface area contributed by atoms with Crippen molar-refractivity contribution in [3.63, 3.8) is 0 Å². The van der Waals surface area contributed by atoms with Crippen molar-refractivity contribution in [2.75, 3.05) is 0 Å². The number of aromatic amines is 1. The molecule has 1 aromatic heterocycles. The predicted molar refractivity (Wildman–Crippen MR) is 162 cm³/mol. The smallest absolute Gasteiger partial charge is 0.490 e. The van der Waals surface area contributed by atoms with Gasteiger partial charge in [0.2, 0.25) is 15.9 Å². The van der Waals surface area contributed by atoms with Crippen LogP contribution in [0.5, 0.6) is 11.5 Å². The number of phenols is 2. The largest absolute Gasteiger partial charge is 0.507 e. The summed E-state index contributed by atoms with van der Waals surface area (Å²) >= 11 is 0. The zero-order valence-corrected chi connectivity index (χ0v) is 25.3. The van der Waals surface area contributed by atoms with Crippen LogP contribution in [0.1, 0.15) is 17.5 Å². The van der Waals surface area contributed by atoms with Crippen LogP contribution in [0.2, 0.25) is 0 Å². The maximum absolute atomic E-state index is 12.8. The summed E-state index contributed by atoms with van der Waals surface area (Å²) < 4.78 is 55.7. The van der Waals surface area contributed by atoms with Crippen LogP contribution in [0.25, 0.3) is 33.5 Å². The third-order valence-electron chi connectivity index (χ3n) is 6.42. The van der Waals surface area contributed by atoms with Gasteiger partial charge in [-0.25, -0.2) is 28.1 Å². The number of aliphatic carboxylic acids is 3. The lowest BCUT2D eigenvalue weighted by molar-refractivity contribution is -0.192. The van der Waals surface area contributed by atoms with Crippen LogP contribution >= 0.6 is 0 Å². The molecular weight excluding hydrogens is 685 g/mol. The van der Waals surface area contributed by atoms with E-state index in [4.69, 9.17) is 31.3 Å². The number of phenolic OH excluding ortho intramolecular Hbond substituents is 2. The third kappa shape index (κ3) is 9.42. The summed E-state index contributed by atoms with van der Waals surface area (Å²) in [4.78, 5) is 51.1. The van der Waals surface area contributed by atoms with Gasteiger partial charge in [-0.05, 0) is 54.1 Å². The number of rotatable bonds is 10. The lowest BCUT2D eigenvalue weighted by Crippen LogP contribution is -2.42. The molecule has 0 fully saturated rings. The van der Waals surface area contributed by atoms with Crippen LogP contribution in [0, 0.1) is 5.41 Å². The van der Waals surface area contributed by atoms with Crippen LogP contribution in [0.4, 0.5) is 13.2 Å². The van der Waals surface area contributed by atoms with Gasteiger partial charge in [0, 0.05) is 16.7 Å². The molecule has 0 radical (unpaired) electrons. The number of nitrogens with one attached hydrogen (secondary N) is 3.